The Hall–Kier alpha value is -1.91. The van der Waals surface area contributed by atoms with E-state index in [1.54, 1.807) is 6.07 Å². The number of nitrogens with zero attached hydrogens (tertiary/aromatic N) is 1. The summed E-state index contributed by atoms with van der Waals surface area (Å²) in [5, 5.41) is 0. The standard InChI is InChI=1S/C22H26FNO2/c1-2-9-24(21-8-7-16-5-3-4-6-17(16)12-21)13-18-10-20(23)11-19-14-25-15-26-22(18)19/h3-6,10-11,21H,2,7-9,12-15H2,1H3/t21-/m0/s1. The first kappa shape index (κ1) is 17.5. The third-order valence-electron chi connectivity index (χ3n) is 5.47. The first-order valence-electron chi connectivity index (χ1n) is 9.57. The van der Waals surface area contributed by atoms with E-state index >= 15 is 0 Å². The van der Waals surface area contributed by atoms with Gasteiger partial charge in [-0.25, -0.2) is 4.39 Å². The zero-order valence-electron chi connectivity index (χ0n) is 15.3. The second-order valence-corrected chi connectivity index (χ2v) is 7.30. The lowest BCUT2D eigenvalue weighted by molar-refractivity contribution is -0.0179. The Morgan fingerprint density at radius 3 is 2.85 bits per heavy atom. The Morgan fingerprint density at radius 1 is 1.15 bits per heavy atom. The Labute approximate surface area is 154 Å². The van der Waals surface area contributed by atoms with Crippen molar-refractivity contribution < 1.29 is 13.9 Å². The zero-order valence-corrected chi connectivity index (χ0v) is 15.3. The summed E-state index contributed by atoms with van der Waals surface area (Å²) in [7, 11) is 0. The van der Waals surface area contributed by atoms with Crippen molar-refractivity contribution in [3.05, 3.63) is 64.5 Å². The molecule has 1 aliphatic heterocycles. The summed E-state index contributed by atoms with van der Waals surface area (Å²) < 4.78 is 25.1. The quantitative estimate of drug-likeness (QED) is 0.790. The van der Waals surface area contributed by atoms with Crippen LogP contribution < -0.4 is 4.74 Å². The molecule has 0 amide bonds. The van der Waals surface area contributed by atoms with Gasteiger partial charge in [0.1, 0.15) is 11.6 Å². The van der Waals surface area contributed by atoms with E-state index in [4.69, 9.17) is 9.47 Å². The minimum absolute atomic E-state index is 0.210. The molecule has 4 rings (SSSR count). The van der Waals surface area contributed by atoms with Crippen molar-refractivity contribution in [2.75, 3.05) is 13.3 Å². The molecule has 0 N–H and O–H groups in total. The Balaban J connectivity index is 1.58. The summed E-state index contributed by atoms with van der Waals surface area (Å²) in [6, 6.07) is 12.4. The predicted molar refractivity (Wildman–Crippen MR) is 99.6 cm³/mol. The molecule has 1 atom stereocenters. The third kappa shape index (κ3) is 3.62. The van der Waals surface area contributed by atoms with E-state index in [0.717, 1.165) is 55.6 Å². The number of rotatable bonds is 5. The smallest absolute Gasteiger partial charge is 0.189 e. The number of fused-ring (bicyclic) bond motifs is 2. The van der Waals surface area contributed by atoms with Crippen molar-refractivity contribution in [2.24, 2.45) is 0 Å². The molecule has 0 unspecified atom stereocenters. The van der Waals surface area contributed by atoms with Gasteiger partial charge >= 0.3 is 0 Å². The van der Waals surface area contributed by atoms with Crippen LogP contribution in [0, 0.1) is 5.82 Å². The minimum atomic E-state index is -0.210. The van der Waals surface area contributed by atoms with Crippen LogP contribution in [0.1, 0.15) is 42.0 Å². The third-order valence-corrected chi connectivity index (χ3v) is 5.47. The lowest BCUT2D eigenvalue weighted by Crippen LogP contribution is -2.39. The van der Waals surface area contributed by atoms with Crippen LogP contribution >= 0.6 is 0 Å². The first-order valence-corrected chi connectivity index (χ1v) is 9.57. The van der Waals surface area contributed by atoms with Crippen LogP contribution in [0.25, 0.3) is 0 Å². The molecule has 1 aliphatic carbocycles. The summed E-state index contributed by atoms with van der Waals surface area (Å²) in [6.45, 7) is 4.60. The van der Waals surface area contributed by atoms with E-state index in [-0.39, 0.29) is 12.6 Å². The molecule has 0 fully saturated rings. The number of aryl methyl sites for hydroxylation is 1. The summed E-state index contributed by atoms with van der Waals surface area (Å²) in [4.78, 5) is 2.50. The van der Waals surface area contributed by atoms with Gasteiger partial charge in [0.25, 0.3) is 0 Å². The maximum Gasteiger partial charge on any atom is 0.189 e. The van der Waals surface area contributed by atoms with Crippen LogP contribution in [0.5, 0.6) is 5.75 Å². The second kappa shape index (κ2) is 7.77. The molecule has 2 aromatic rings. The fourth-order valence-corrected chi connectivity index (χ4v) is 4.26. The number of halogens is 1. The van der Waals surface area contributed by atoms with Gasteiger partial charge in [-0.05, 0) is 55.5 Å². The average molecular weight is 355 g/mol. The van der Waals surface area contributed by atoms with Crippen LogP contribution in [0.2, 0.25) is 0 Å². The van der Waals surface area contributed by atoms with Crippen molar-refractivity contribution in [1.29, 1.82) is 0 Å². The van der Waals surface area contributed by atoms with Gasteiger partial charge in [0.15, 0.2) is 6.79 Å². The van der Waals surface area contributed by atoms with E-state index in [1.165, 1.54) is 17.2 Å². The fourth-order valence-electron chi connectivity index (χ4n) is 4.26. The minimum Gasteiger partial charge on any atom is -0.467 e. The Morgan fingerprint density at radius 2 is 2.00 bits per heavy atom. The van der Waals surface area contributed by atoms with E-state index < -0.39 is 0 Å². The molecule has 0 radical (unpaired) electrons. The SMILES string of the molecule is CCCN(Cc1cc(F)cc2c1OCOC2)[C@H]1CCc2ccccc2C1. The van der Waals surface area contributed by atoms with Crippen LogP contribution in [0.3, 0.4) is 0 Å². The first-order chi connectivity index (χ1) is 12.7. The topological polar surface area (TPSA) is 21.7 Å². The van der Waals surface area contributed by atoms with E-state index in [1.807, 2.05) is 0 Å². The molecule has 4 heteroatoms. The second-order valence-electron chi connectivity index (χ2n) is 7.30. The van der Waals surface area contributed by atoms with Gasteiger partial charge in [-0.15, -0.1) is 0 Å². The van der Waals surface area contributed by atoms with E-state index in [9.17, 15) is 4.39 Å². The summed E-state index contributed by atoms with van der Waals surface area (Å²) in [5.74, 6) is 0.605. The monoisotopic (exact) mass is 355 g/mol. The van der Waals surface area contributed by atoms with Gasteiger partial charge in [0.2, 0.25) is 0 Å². The molecule has 3 nitrogen and oxygen atoms in total. The molecule has 2 aliphatic rings. The molecule has 2 aromatic carbocycles. The molecule has 0 bridgehead atoms. The number of benzene rings is 2. The Bertz CT molecular complexity index is 777. The Kier molecular flexibility index (Phi) is 5.23. The zero-order chi connectivity index (χ0) is 17.9. The lowest BCUT2D eigenvalue weighted by Gasteiger charge is -2.36. The van der Waals surface area contributed by atoms with Crippen LogP contribution in [-0.4, -0.2) is 24.3 Å². The van der Waals surface area contributed by atoms with Gasteiger partial charge in [0.05, 0.1) is 6.61 Å². The predicted octanol–water partition coefficient (Wildman–Crippen LogP) is 4.46. The molecule has 26 heavy (non-hydrogen) atoms. The molecule has 0 saturated carbocycles. The maximum absolute atomic E-state index is 14.1. The molecule has 1 heterocycles. The highest BCUT2D eigenvalue weighted by atomic mass is 19.1. The van der Waals surface area contributed by atoms with Crippen LogP contribution in [-0.2, 0) is 30.7 Å². The largest absolute Gasteiger partial charge is 0.467 e. The molecule has 0 saturated heterocycles. The molecular formula is C22H26FNO2. The number of hydrogen-bond acceptors (Lipinski definition) is 3. The van der Waals surface area contributed by atoms with Gasteiger partial charge in [-0.3, -0.25) is 4.90 Å². The van der Waals surface area contributed by atoms with Crippen molar-refractivity contribution >= 4 is 0 Å². The van der Waals surface area contributed by atoms with Gasteiger partial charge < -0.3 is 9.47 Å². The average Bonchev–Trinajstić information content (AvgIpc) is 2.67. The highest BCUT2D eigenvalue weighted by Gasteiger charge is 2.26. The normalized spacial score (nSPS) is 19.0. The van der Waals surface area contributed by atoms with Crippen molar-refractivity contribution in [2.45, 2.75) is 51.8 Å². The van der Waals surface area contributed by atoms with Gasteiger partial charge in [-0.1, -0.05) is 31.2 Å². The summed E-state index contributed by atoms with van der Waals surface area (Å²) >= 11 is 0. The molecule has 0 aromatic heterocycles. The van der Waals surface area contributed by atoms with E-state index in [0.29, 0.717) is 12.6 Å². The highest BCUT2D eigenvalue weighted by Crippen LogP contribution is 2.32. The maximum atomic E-state index is 14.1. The van der Waals surface area contributed by atoms with Gasteiger partial charge in [0, 0.05) is 23.7 Å². The summed E-state index contributed by atoms with van der Waals surface area (Å²) in [5.41, 5.74) is 4.69. The fraction of sp³-hybridized carbons (Fsp3) is 0.455. The van der Waals surface area contributed by atoms with Gasteiger partial charge in [-0.2, -0.15) is 0 Å². The number of ether oxygens (including phenoxy) is 2. The van der Waals surface area contributed by atoms with Crippen LogP contribution in [0.4, 0.5) is 4.39 Å². The van der Waals surface area contributed by atoms with Crippen molar-refractivity contribution in [1.82, 2.24) is 4.90 Å². The van der Waals surface area contributed by atoms with E-state index in [2.05, 4.69) is 36.1 Å². The van der Waals surface area contributed by atoms with Crippen molar-refractivity contribution in [3.63, 3.8) is 0 Å². The molecular weight excluding hydrogens is 329 g/mol. The molecule has 0 spiro atoms. The summed E-state index contributed by atoms with van der Waals surface area (Å²) in [6.07, 6.45) is 4.42. The highest BCUT2D eigenvalue weighted by molar-refractivity contribution is 5.42. The van der Waals surface area contributed by atoms with Crippen molar-refractivity contribution in [3.8, 4) is 5.75 Å². The van der Waals surface area contributed by atoms with Crippen LogP contribution in [0.15, 0.2) is 36.4 Å². The lowest BCUT2D eigenvalue weighted by atomic mass is 9.87. The molecule has 138 valence electrons. The number of hydrogen-bond donors (Lipinski definition) is 0.